The van der Waals surface area contributed by atoms with Crippen molar-refractivity contribution in [1.82, 2.24) is 0 Å². The van der Waals surface area contributed by atoms with Gasteiger partial charge in [-0.2, -0.15) is 4.99 Å². The van der Waals surface area contributed by atoms with Gasteiger partial charge >= 0.3 is 0 Å². The maximum atomic E-state index is 11.9. The molecule has 2 aliphatic heterocycles. The molecule has 0 aliphatic carbocycles. The standard InChI is InChI=1S/C13H12BrClN2O3S2/c14-8-1-3-9(4-2-8)17-10-6-22(19,20)7-11(10)21-13(17)16-12(18)5-15/h1-4,10-11H,5-7H2/t10-,11+/m1/s1. The largest absolute Gasteiger partial charge is 0.316 e. The van der Waals surface area contributed by atoms with Crippen molar-refractivity contribution >= 4 is 65.9 Å². The quantitative estimate of drug-likeness (QED) is 0.683. The van der Waals surface area contributed by atoms with Crippen LogP contribution in [0.5, 0.6) is 0 Å². The van der Waals surface area contributed by atoms with Crippen molar-refractivity contribution in [2.75, 3.05) is 22.3 Å². The van der Waals surface area contributed by atoms with Crippen LogP contribution < -0.4 is 4.90 Å². The molecule has 2 saturated heterocycles. The van der Waals surface area contributed by atoms with Gasteiger partial charge in [-0.15, -0.1) is 11.6 Å². The molecular formula is C13H12BrClN2O3S2. The van der Waals surface area contributed by atoms with E-state index in [1.807, 2.05) is 29.2 Å². The molecule has 2 aliphatic rings. The van der Waals surface area contributed by atoms with E-state index in [2.05, 4.69) is 20.9 Å². The van der Waals surface area contributed by atoms with Gasteiger partial charge in [0, 0.05) is 15.4 Å². The van der Waals surface area contributed by atoms with Gasteiger partial charge in [-0.1, -0.05) is 27.7 Å². The first-order valence-electron chi connectivity index (χ1n) is 6.49. The topological polar surface area (TPSA) is 66.8 Å². The molecular weight excluding hydrogens is 412 g/mol. The van der Waals surface area contributed by atoms with E-state index >= 15 is 0 Å². The third-order valence-electron chi connectivity index (χ3n) is 3.51. The molecule has 0 spiro atoms. The van der Waals surface area contributed by atoms with Crippen LogP contribution in [0.25, 0.3) is 0 Å². The summed E-state index contributed by atoms with van der Waals surface area (Å²) in [5.41, 5.74) is 0.821. The summed E-state index contributed by atoms with van der Waals surface area (Å²) in [4.78, 5) is 17.4. The minimum absolute atomic E-state index is 0.0782. The van der Waals surface area contributed by atoms with E-state index < -0.39 is 15.7 Å². The van der Waals surface area contributed by atoms with E-state index in [9.17, 15) is 13.2 Å². The molecule has 2 atom stereocenters. The van der Waals surface area contributed by atoms with Gasteiger partial charge in [-0.25, -0.2) is 8.42 Å². The number of anilines is 1. The lowest BCUT2D eigenvalue weighted by Crippen LogP contribution is -2.37. The van der Waals surface area contributed by atoms with Gasteiger partial charge in [0.2, 0.25) is 0 Å². The summed E-state index contributed by atoms with van der Waals surface area (Å²) in [6, 6.07) is 7.30. The number of carbonyl (C=O) groups is 1. The zero-order valence-electron chi connectivity index (χ0n) is 11.3. The SMILES string of the molecule is O=C(CCl)N=C1S[C@H]2CS(=O)(=O)C[C@H]2N1c1ccc(Br)cc1. The minimum Gasteiger partial charge on any atom is -0.316 e. The zero-order chi connectivity index (χ0) is 15.9. The summed E-state index contributed by atoms with van der Waals surface area (Å²) < 4.78 is 24.7. The van der Waals surface area contributed by atoms with Crippen molar-refractivity contribution in [2.45, 2.75) is 11.3 Å². The normalized spacial score (nSPS) is 28.1. The molecule has 0 unspecified atom stereocenters. The van der Waals surface area contributed by atoms with E-state index in [1.165, 1.54) is 11.8 Å². The van der Waals surface area contributed by atoms with Crippen LogP contribution >= 0.6 is 39.3 Å². The third-order valence-corrected chi connectivity index (χ3v) is 7.47. The number of halogens is 2. The molecule has 1 amide bonds. The van der Waals surface area contributed by atoms with E-state index in [-0.39, 0.29) is 28.7 Å². The maximum Gasteiger partial charge on any atom is 0.262 e. The fourth-order valence-electron chi connectivity index (χ4n) is 2.60. The number of nitrogens with zero attached hydrogens (tertiary/aromatic N) is 2. The Bertz CT molecular complexity index is 736. The average Bonchev–Trinajstić information content (AvgIpc) is 2.91. The Morgan fingerprint density at radius 3 is 2.68 bits per heavy atom. The molecule has 1 aromatic rings. The van der Waals surface area contributed by atoms with E-state index in [0.717, 1.165) is 10.2 Å². The van der Waals surface area contributed by atoms with Gasteiger partial charge in [0.05, 0.1) is 17.5 Å². The lowest BCUT2D eigenvalue weighted by Gasteiger charge is -2.24. The highest BCUT2D eigenvalue weighted by molar-refractivity contribution is 9.10. The number of hydrogen-bond donors (Lipinski definition) is 0. The number of benzene rings is 1. The van der Waals surface area contributed by atoms with E-state index in [4.69, 9.17) is 11.6 Å². The Kier molecular flexibility index (Phi) is 4.55. The molecule has 22 heavy (non-hydrogen) atoms. The highest BCUT2D eigenvalue weighted by Crippen LogP contribution is 2.41. The van der Waals surface area contributed by atoms with Gasteiger partial charge in [0.25, 0.3) is 5.91 Å². The summed E-state index contributed by atoms with van der Waals surface area (Å²) >= 11 is 10.2. The molecule has 0 aromatic heterocycles. The molecule has 3 rings (SSSR count). The minimum atomic E-state index is -3.05. The van der Waals surface area contributed by atoms with Crippen LogP contribution in [-0.4, -0.2) is 48.2 Å². The van der Waals surface area contributed by atoms with Gasteiger partial charge in [0.1, 0.15) is 5.88 Å². The second-order valence-electron chi connectivity index (χ2n) is 5.07. The summed E-state index contributed by atoms with van der Waals surface area (Å²) in [5, 5.41) is 0.424. The number of thioether (sulfide) groups is 1. The molecule has 9 heteroatoms. The Balaban J connectivity index is 2.01. The summed E-state index contributed by atoms with van der Waals surface area (Å²) in [5.74, 6) is -0.418. The summed E-state index contributed by atoms with van der Waals surface area (Å²) in [7, 11) is -3.05. The van der Waals surface area contributed by atoms with Crippen LogP contribution in [0.3, 0.4) is 0 Å². The Hall–Kier alpha value is -0.570. The smallest absolute Gasteiger partial charge is 0.262 e. The molecule has 0 bridgehead atoms. The Morgan fingerprint density at radius 2 is 2.05 bits per heavy atom. The fourth-order valence-corrected chi connectivity index (χ4v) is 6.86. The monoisotopic (exact) mass is 422 g/mol. The number of amides is 1. The lowest BCUT2D eigenvalue weighted by molar-refractivity contribution is -0.115. The number of carbonyl (C=O) groups excluding carboxylic acids is 1. The number of aliphatic imine (C=N–C) groups is 1. The molecule has 2 heterocycles. The first-order chi connectivity index (χ1) is 10.4. The average molecular weight is 424 g/mol. The van der Waals surface area contributed by atoms with Crippen molar-refractivity contribution in [2.24, 2.45) is 4.99 Å². The fraction of sp³-hybridized carbons (Fsp3) is 0.385. The van der Waals surface area contributed by atoms with Crippen molar-refractivity contribution in [3.05, 3.63) is 28.7 Å². The van der Waals surface area contributed by atoms with Gasteiger partial charge < -0.3 is 4.90 Å². The maximum absolute atomic E-state index is 11.9. The second-order valence-corrected chi connectivity index (χ2v) is 9.61. The van der Waals surface area contributed by atoms with Crippen LogP contribution in [0, 0.1) is 0 Å². The molecule has 0 N–H and O–H groups in total. The summed E-state index contributed by atoms with van der Waals surface area (Å²) in [6.07, 6.45) is 0. The number of sulfone groups is 1. The van der Waals surface area contributed by atoms with Crippen molar-refractivity contribution in [1.29, 1.82) is 0 Å². The number of hydrogen-bond acceptors (Lipinski definition) is 4. The number of alkyl halides is 1. The number of rotatable bonds is 2. The Labute approximate surface area is 146 Å². The zero-order valence-corrected chi connectivity index (χ0v) is 15.3. The second kappa shape index (κ2) is 6.14. The number of fused-ring (bicyclic) bond motifs is 1. The van der Waals surface area contributed by atoms with Crippen molar-refractivity contribution in [3.8, 4) is 0 Å². The van der Waals surface area contributed by atoms with Crippen LogP contribution in [-0.2, 0) is 14.6 Å². The predicted molar refractivity (Wildman–Crippen MR) is 93.6 cm³/mol. The van der Waals surface area contributed by atoms with Crippen LogP contribution in [0.1, 0.15) is 0 Å². The first-order valence-corrected chi connectivity index (χ1v) is 10.5. The highest BCUT2D eigenvalue weighted by Gasteiger charge is 2.49. The van der Waals surface area contributed by atoms with E-state index in [1.54, 1.807) is 0 Å². The van der Waals surface area contributed by atoms with Gasteiger partial charge in [-0.3, -0.25) is 4.79 Å². The molecule has 118 valence electrons. The molecule has 5 nitrogen and oxygen atoms in total. The first kappa shape index (κ1) is 16.3. The summed E-state index contributed by atoms with van der Waals surface area (Å²) in [6.45, 7) is 0. The van der Waals surface area contributed by atoms with Crippen LogP contribution in [0.15, 0.2) is 33.7 Å². The van der Waals surface area contributed by atoms with Gasteiger partial charge in [0.15, 0.2) is 15.0 Å². The third kappa shape index (κ3) is 3.20. The number of amidine groups is 1. The predicted octanol–water partition coefficient (Wildman–Crippen LogP) is 2.29. The highest BCUT2D eigenvalue weighted by atomic mass is 79.9. The molecule has 0 radical (unpaired) electrons. The Morgan fingerprint density at radius 1 is 1.36 bits per heavy atom. The van der Waals surface area contributed by atoms with E-state index in [0.29, 0.717) is 5.17 Å². The van der Waals surface area contributed by atoms with Crippen LogP contribution in [0.4, 0.5) is 5.69 Å². The van der Waals surface area contributed by atoms with Gasteiger partial charge in [-0.05, 0) is 24.3 Å². The van der Waals surface area contributed by atoms with Crippen molar-refractivity contribution in [3.63, 3.8) is 0 Å². The van der Waals surface area contributed by atoms with Crippen molar-refractivity contribution < 1.29 is 13.2 Å². The molecule has 1 aromatic carbocycles. The lowest BCUT2D eigenvalue weighted by atomic mass is 10.2. The molecule has 0 saturated carbocycles. The molecule has 2 fully saturated rings. The van der Waals surface area contributed by atoms with Crippen LogP contribution in [0.2, 0.25) is 0 Å².